The van der Waals surface area contributed by atoms with Crippen LogP contribution in [0.5, 0.6) is 0 Å². The van der Waals surface area contributed by atoms with Crippen molar-refractivity contribution >= 4 is 27.5 Å². The van der Waals surface area contributed by atoms with Crippen LogP contribution in [0.25, 0.3) is 0 Å². The molecule has 0 aliphatic heterocycles. The van der Waals surface area contributed by atoms with Crippen LogP contribution in [0.4, 0.5) is 0 Å². The highest BCUT2D eigenvalue weighted by Gasteiger charge is 2.16. The van der Waals surface area contributed by atoms with Crippen LogP contribution in [0.1, 0.15) is 30.8 Å². The maximum Gasteiger partial charge on any atom is 0.110 e. The first kappa shape index (κ1) is 15.5. The first-order chi connectivity index (χ1) is 9.61. The number of benzene rings is 1. The number of halogens is 2. The fourth-order valence-electron chi connectivity index (χ4n) is 2.17. The molecule has 1 atom stereocenters. The van der Waals surface area contributed by atoms with E-state index in [2.05, 4.69) is 43.8 Å². The summed E-state index contributed by atoms with van der Waals surface area (Å²) in [5, 5.41) is 4.33. The Morgan fingerprint density at radius 2 is 2.25 bits per heavy atom. The lowest BCUT2D eigenvalue weighted by Crippen LogP contribution is -2.25. The third-order valence-electron chi connectivity index (χ3n) is 3.29. The zero-order valence-corrected chi connectivity index (χ0v) is 14.1. The molecule has 20 heavy (non-hydrogen) atoms. The SMILES string of the molecule is CCCNC(Cc1nccn1C)c1ccc(Cl)cc1Br. The summed E-state index contributed by atoms with van der Waals surface area (Å²) in [5.41, 5.74) is 1.21. The number of nitrogens with zero attached hydrogens (tertiary/aromatic N) is 2. The highest BCUT2D eigenvalue weighted by atomic mass is 79.9. The van der Waals surface area contributed by atoms with E-state index in [4.69, 9.17) is 11.6 Å². The van der Waals surface area contributed by atoms with Crippen molar-refractivity contribution in [1.29, 1.82) is 0 Å². The van der Waals surface area contributed by atoms with Gasteiger partial charge in [-0.15, -0.1) is 0 Å². The van der Waals surface area contributed by atoms with E-state index in [0.717, 1.165) is 34.7 Å². The van der Waals surface area contributed by atoms with Gasteiger partial charge in [-0.2, -0.15) is 0 Å². The minimum absolute atomic E-state index is 0.225. The lowest BCUT2D eigenvalue weighted by Gasteiger charge is -2.20. The first-order valence-corrected chi connectivity index (χ1v) is 7.93. The number of hydrogen-bond donors (Lipinski definition) is 1. The summed E-state index contributed by atoms with van der Waals surface area (Å²) < 4.78 is 3.09. The van der Waals surface area contributed by atoms with Crippen LogP contribution in [0.3, 0.4) is 0 Å². The van der Waals surface area contributed by atoms with E-state index in [0.29, 0.717) is 0 Å². The molecular weight excluding hydrogens is 338 g/mol. The van der Waals surface area contributed by atoms with Gasteiger partial charge >= 0.3 is 0 Å². The molecule has 0 spiro atoms. The predicted molar refractivity (Wildman–Crippen MR) is 87.1 cm³/mol. The molecule has 0 saturated heterocycles. The Bertz CT molecular complexity index is 568. The van der Waals surface area contributed by atoms with Crippen LogP contribution in [-0.2, 0) is 13.5 Å². The smallest absolute Gasteiger partial charge is 0.110 e. The molecular formula is C15H19BrClN3. The summed E-state index contributed by atoms with van der Waals surface area (Å²) in [6.07, 6.45) is 5.76. The molecule has 0 amide bonds. The van der Waals surface area contributed by atoms with Gasteiger partial charge in [0.25, 0.3) is 0 Å². The van der Waals surface area contributed by atoms with Gasteiger partial charge in [-0.05, 0) is 30.7 Å². The van der Waals surface area contributed by atoms with Gasteiger partial charge in [0.2, 0.25) is 0 Å². The Hall–Kier alpha value is -0.840. The van der Waals surface area contributed by atoms with Gasteiger partial charge in [-0.25, -0.2) is 4.98 Å². The van der Waals surface area contributed by atoms with Crippen molar-refractivity contribution in [2.75, 3.05) is 6.54 Å². The van der Waals surface area contributed by atoms with Crippen LogP contribution in [0, 0.1) is 0 Å². The second-order valence-corrected chi connectivity index (χ2v) is 6.12. The van der Waals surface area contributed by atoms with Crippen molar-refractivity contribution in [3.63, 3.8) is 0 Å². The van der Waals surface area contributed by atoms with Crippen molar-refractivity contribution in [2.24, 2.45) is 7.05 Å². The monoisotopic (exact) mass is 355 g/mol. The zero-order chi connectivity index (χ0) is 14.5. The van der Waals surface area contributed by atoms with Crippen LogP contribution in [-0.4, -0.2) is 16.1 Å². The fraction of sp³-hybridized carbons (Fsp3) is 0.400. The molecule has 1 aromatic carbocycles. The van der Waals surface area contributed by atoms with Crippen LogP contribution < -0.4 is 5.32 Å². The van der Waals surface area contributed by atoms with Gasteiger partial charge in [0.15, 0.2) is 0 Å². The zero-order valence-electron chi connectivity index (χ0n) is 11.7. The first-order valence-electron chi connectivity index (χ1n) is 6.76. The highest BCUT2D eigenvalue weighted by molar-refractivity contribution is 9.10. The molecule has 0 saturated carbocycles. The maximum absolute atomic E-state index is 6.03. The average molecular weight is 357 g/mol. The molecule has 0 radical (unpaired) electrons. The minimum Gasteiger partial charge on any atom is -0.338 e. The third-order valence-corrected chi connectivity index (χ3v) is 4.21. The summed E-state index contributed by atoms with van der Waals surface area (Å²) in [6, 6.07) is 6.17. The molecule has 108 valence electrons. The van der Waals surface area contributed by atoms with Crippen LogP contribution in [0.15, 0.2) is 35.1 Å². The molecule has 2 rings (SSSR count). The van der Waals surface area contributed by atoms with E-state index in [1.165, 1.54) is 5.56 Å². The van der Waals surface area contributed by atoms with E-state index >= 15 is 0 Å². The Morgan fingerprint density at radius 3 is 2.85 bits per heavy atom. The minimum atomic E-state index is 0.225. The van der Waals surface area contributed by atoms with Crippen molar-refractivity contribution in [3.05, 3.63) is 51.5 Å². The average Bonchev–Trinajstić information content (AvgIpc) is 2.80. The van der Waals surface area contributed by atoms with Gasteiger partial charge in [-0.1, -0.05) is 40.5 Å². The molecule has 5 heteroatoms. The summed E-state index contributed by atoms with van der Waals surface area (Å²) in [7, 11) is 2.02. The van der Waals surface area contributed by atoms with Gasteiger partial charge in [0.1, 0.15) is 5.82 Å². The number of rotatable bonds is 6. The van der Waals surface area contributed by atoms with E-state index in [-0.39, 0.29) is 6.04 Å². The summed E-state index contributed by atoms with van der Waals surface area (Å²) in [4.78, 5) is 4.42. The van der Waals surface area contributed by atoms with Crippen LogP contribution in [0.2, 0.25) is 5.02 Å². The normalized spacial score (nSPS) is 12.6. The van der Waals surface area contributed by atoms with Gasteiger partial charge in [-0.3, -0.25) is 0 Å². The van der Waals surface area contributed by atoms with Gasteiger partial charge in [0.05, 0.1) is 0 Å². The number of aryl methyl sites for hydroxylation is 1. The molecule has 1 N–H and O–H groups in total. The molecule has 1 aromatic heterocycles. The summed E-state index contributed by atoms with van der Waals surface area (Å²) >= 11 is 9.64. The molecule has 1 unspecified atom stereocenters. The topological polar surface area (TPSA) is 29.9 Å². The van der Waals surface area contributed by atoms with Gasteiger partial charge in [0, 0.05) is 41.4 Å². The van der Waals surface area contributed by atoms with Crippen molar-refractivity contribution in [1.82, 2.24) is 14.9 Å². The largest absolute Gasteiger partial charge is 0.338 e. The van der Waals surface area contributed by atoms with E-state index in [1.807, 2.05) is 31.6 Å². The number of nitrogens with one attached hydrogen (secondary N) is 1. The highest BCUT2D eigenvalue weighted by Crippen LogP contribution is 2.28. The van der Waals surface area contributed by atoms with Gasteiger partial charge < -0.3 is 9.88 Å². The van der Waals surface area contributed by atoms with Crippen molar-refractivity contribution in [3.8, 4) is 0 Å². The lowest BCUT2D eigenvalue weighted by atomic mass is 10.0. The molecule has 0 aliphatic carbocycles. The lowest BCUT2D eigenvalue weighted by molar-refractivity contribution is 0.510. The summed E-state index contributed by atoms with van der Waals surface area (Å²) in [6.45, 7) is 3.14. The molecule has 0 aliphatic rings. The van der Waals surface area contributed by atoms with Crippen LogP contribution >= 0.6 is 27.5 Å². The van der Waals surface area contributed by atoms with E-state index in [1.54, 1.807) is 0 Å². The summed E-state index contributed by atoms with van der Waals surface area (Å²) in [5.74, 6) is 1.07. The number of imidazole rings is 1. The standard InChI is InChI=1S/C15H19BrClN3/c1-3-6-18-14(10-15-19-7-8-20(15)2)12-5-4-11(17)9-13(12)16/h4-5,7-9,14,18H,3,6,10H2,1-2H3. The maximum atomic E-state index is 6.03. The Balaban J connectivity index is 2.24. The van der Waals surface area contributed by atoms with Crippen molar-refractivity contribution in [2.45, 2.75) is 25.8 Å². The number of hydrogen-bond acceptors (Lipinski definition) is 2. The molecule has 3 nitrogen and oxygen atoms in total. The predicted octanol–water partition coefficient (Wildman–Crippen LogP) is 4.12. The molecule has 2 aromatic rings. The second-order valence-electron chi connectivity index (χ2n) is 4.83. The Morgan fingerprint density at radius 1 is 1.45 bits per heavy atom. The second kappa shape index (κ2) is 7.25. The Labute approximate surface area is 133 Å². The van der Waals surface area contributed by atoms with E-state index in [9.17, 15) is 0 Å². The fourth-order valence-corrected chi connectivity index (χ4v) is 3.13. The van der Waals surface area contributed by atoms with E-state index < -0.39 is 0 Å². The van der Waals surface area contributed by atoms with Crippen molar-refractivity contribution < 1.29 is 0 Å². The Kier molecular flexibility index (Phi) is 5.64. The molecule has 0 bridgehead atoms. The third kappa shape index (κ3) is 3.84. The number of aromatic nitrogens is 2. The molecule has 0 fully saturated rings. The molecule has 1 heterocycles. The quantitative estimate of drug-likeness (QED) is 0.844.